The van der Waals surface area contributed by atoms with Crippen LogP contribution in [0.25, 0.3) is 22.4 Å². The van der Waals surface area contributed by atoms with Crippen LogP contribution in [0.1, 0.15) is 99.2 Å². The summed E-state index contributed by atoms with van der Waals surface area (Å²) in [5.74, 6) is 0.591. The molecule has 1 saturated heterocycles. The van der Waals surface area contributed by atoms with E-state index in [4.69, 9.17) is 21.3 Å². The molecule has 3 unspecified atom stereocenters. The van der Waals surface area contributed by atoms with Crippen LogP contribution in [0.15, 0.2) is 53.5 Å². The highest BCUT2D eigenvalue weighted by molar-refractivity contribution is 6.36. The molecule has 6 rings (SSSR count). The first-order valence-electron chi connectivity index (χ1n) is 18.4. The zero-order valence-electron chi connectivity index (χ0n) is 31.7. The van der Waals surface area contributed by atoms with Gasteiger partial charge in [0.1, 0.15) is 11.4 Å². The van der Waals surface area contributed by atoms with Crippen molar-refractivity contribution in [2.75, 3.05) is 19.0 Å². The largest absolute Gasteiger partial charge is 0.481 e. The average molecular weight is 745 g/mol. The summed E-state index contributed by atoms with van der Waals surface area (Å²) in [6.45, 7) is 11.4. The van der Waals surface area contributed by atoms with E-state index in [0.29, 0.717) is 39.9 Å². The Hall–Kier alpha value is -4.77. The van der Waals surface area contributed by atoms with Gasteiger partial charge in [-0.2, -0.15) is 5.10 Å². The number of pyridine rings is 1. The monoisotopic (exact) mass is 744 g/mol. The number of nitrogens with zero attached hydrogens (tertiary/aromatic N) is 3. The first-order chi connectivity index (χ1) is 25.3. The highest BCUT2D eigenvalue weighted by Crippen LogP contribution is 2.44. The number of aryl methyl sites for hydroxylation is 2. The lowest BCUT2D eigenvalue weighted by molar-refractivity contribution is 0.102. The van der Waals surface area contributed by atoms with Gasteiger partial charge in [-0.25, -0.2) is 18.9 Å². The van der Waals surface area contributed by atoms with Gasteiger partial charge in [0, 0.05) is 47.7 Å². The molecule has 10 nitrogen and oxygen atoms in total. The number of halogens is 2. The molecule has 0 saturated carbocycles. The number of carbonyl (C=O) groups excluding carboxylic acids is 2. The number of hydrogen-bond acceptors (Lipinski definition) is 6. The number of methoxy groups -OCH3 is 1. The number of anilines is 1. The van der Waals surface area contributed by atoms with E-state index in [1.165, 1.54) is 38.2 Å². The molecule has 2 aromatic heterocycles. The second-order valence-corrected chi connectivity index (χ2v) is 14.6. The van der Waals surface area contributed by atoms with Gasteiger partial charge < -0.3 is 20.7 Å². The van der Waals surface area contributed by atoms with E-state index < -0.39 is 17.3 Å². The summed E-state index contributed by atoms with van der Waals surface area (Å²) in [6.07, 6.45) is 8.96. The molecule has 2 aliphatic rings. The molecule has 0 spiro atoms. The molecule has 0 radical (unpaired) electrons. The van der Waals surface area contributed by atoms with Crippen LogP contribution < -0.4 is 26.2 Å². The fourth-order valence-corrected chi connectivity index (χ4v) is 7.50. The van der Waals surface area contributed by atoms with Gasteiger partial charge in [0.2, 0.25) is 5.88 Å². The SMILES string of the molecule is CCC(C)CCC1(CC)CCNC(=O)N1.COc1nc(-c2ccc(F)c(-c3cccc(NC(=O)c4ccnn(C)c4=O)c3C)c2Cl)cc2c1C(C)CC2. The topological polar surface area (TPSA) is 127 Å². The normalized spacial score (nSPS) is 18.2. The maximum atomic E-state index is 15.3. The van der Waals surface area contributed by atoms with Crippen LogP contribution in [0, 0.1) is 18.7 Å². The van der Waals surface area contributed by atoms with Crippen molar-refractivity contribution in [3.05, 3.63) is 92.1 Å². The molecular weight excluding hydrogens is 695 g/mol. The zero-order valence-corrected chi connectivity index (χ0v) is 32.4. The number of benzene rings is 2. The molecule has 12 heteroatoms. The lowest BCUT2D eigenvalue weighted by Crippen LogP contribution is -2.58. The van der Waals surface area contributed by atoms with Crippen molar-refractivity contribution in [2.45, 2.75) is 91.0 Å². The zero-order chi connectivity index (χ0) is 38.4. The van der Waals surface area contributed by atoms with E-state index in [9.17, 15) is 14.4 Å². The molecule has 3 amide bonds. The Morgan fingerprint density at radius 2 is 1.96 bits per heavy atom. The Morgan fingerprint density at radius 1 is 1.19 bits per heavy atom. The lowest BCUT2D eigenvalue weighted by Gasteiger charge is -2.38. The molecule has 1 aliphatic heterocycles. The molecular formula is C41H50ClFN6O4. The second kappa shape index (κ2) is 16.9. The van der Waals surface area contributed by atoms with Crippen molar-refractivity contribution in [3.8, 4) is 28.3 Å². The summed E-state index contributed by atoms with van der Waals surface area (Å²) in [5.41, 5.74) is 4.68. The van der Waals surface area contributed by atoms with Crippen molar-refractivity contribution < 1.29 is 18.7 Å². The van der Waals surface area contributed by atoms with E-state index in [1.807, 2.05) is 6.07 Å². The fourth-order valence-electron chi connectivity index (χ4n) is 7.15. The van der Waals surface area contributed by atoms with Gasteiger partial charge in [-0.3, -0.25) is 9.59 Å². The van der Waals surface area contributed by atoms with Crippen LogP contribution >= 0.6 is 11.6 Å². The number of aromatic nitrogens is 3. The van der Waals surface area contributed by atoms with Crippen molar-refractivity contribution in [2.24, 2.45) is 13.0 Å². The quantitative estimate of drug-likeness (QED) is 0.149. The van der Waals surface area contributed by atoms with E-state index in [-0.39, 0.29) is 27.7 Å². The first kappa shape index (κ1) is 39.4. The number of amides is 3. The number of carbonyl (C=O) groups is 2. The van der Waals surface area contributed by atoms with Gasteiger partial charge in [-0.1, -0.05) is 57.8 Å². The third kappa shape index (κ3) is 8.56. The summed E-state index contributed by atoms with van der Waals surface area (Å²) >= 11 is 6.86. The predicted octanol–water partition coefficient (Wildman–Crippen LogP) is 8.59. The van der Waals surface area contributed by atoms with Gasteiger partial charge in [-0.05, 0) is 104 Å². The Bertz CT molecular complexity index is 2050. The molecule has 2 aromatic carbocycles. The van der Waals surface area contributed by atoms with Gasteiger partial charge >= 0.3 is 6.03 Å². The molecule has 1 aliphatic carbocycles. The molecule has 1 fully saturated rings. The third-order valence-electron chi connectivity index (χ3n) is 10.9. The second-order valence-electron chi connectivity index (χ2n) is 14.2. The summed E-state index contributed by atoms with van der Waals surface area (Å²) < 4.78 is 22.0. The highest BCUT2D eigenvalue weighted by Gasteiger charge is 2.33. The van der Waals surface area contributed by atoms with Crippen LogP contribution in [-0.2, 0) is 13.5 Å². The van der Waals surface area contributed by atoms with Crippen LogP contribution in [0.5, 0.6) is 5.88 Å². The molecule has 0 bridgehead atoms. The minimum Gasteiger partial charge on any atom is -0.481 e. The van der Waals surface area contributed by atoms with Crippen molar-refractivity contribution in [1.82, 2.24) is 25.4 Å². The third-order valence-corrected chi connectivity index (χ3v) is 11.3. The Balaban J connectivity index is 0.000000303. The molecule has 282 valence electrons. The van der Waals surface area contributed by atoms with Crippen molar-refractivity contribution in [1.29, 1.82) is 0 Å². The summed E-state index contributed by atoms with van der Waals surface area (Å²) in [5, 5.41) is 12.7. The first-order valence-corrected chi connectivity index (χ1v) is 18.8. The minimum atomic E-state index is -0.586. The fraction of sp³-hybridized carbons (Fsp3) is 0.439. The van der Waals surface area contributed by atoms with E-state index in [0.717, 1.165) is 60.4 Å². The highest BCUT2D eigenvalue weighted by atomic mass is 35.5. The van der Waals surface area contributed by atoms with E-state index in [1.54, 1.807) is 38.3 Å². The average Bonchev–Trinajstić information content (AvgIpc) is 3.53. The predicted molar refractivity (Wildman–Crippen MR) is 208 cm³/mol. The summed E-state index contributed by atoms with van der Waals surface area (Å²) in [4.78, 5) is 41.2. The van der Waals surface area contributed by atoms with Crippen LogP contribution in [0.3, 0.4) is 0 Å². The number of ether oxygens (including phenoxy) is 1. The van der Waals surface area contributed by atoms with Crippen LogP contribution in [0.4, 0.5) is 14.9 Å². The van der Waals surface area contributed by atoms with Gasteiger partial charge in [0.05, 0.1) is 17.8 Å². The Morgan fingerprint density at radius 3 is 2.66 bits per heavy atom. The summed E-state index contributed by atoms with van der Waals surface area (Å²) in [6, 6.07) is 11.5. The van der Waals surface area contributed by atoms with Crippen LogP contribution in [0.2, 0.25) is 5.02 Å². The van der Waals surface area contributed by atoms with Gasteiger partial charge in [0.25, 0.3) is 11.5 Å². The standard InChI is InChI=1S/C29H26ClFN4O3.C12H24N2O/c1-15-8-9-17-14-23(34-28(38-4)24(15)17)19-10-11-21(31)25(26(19)30)18-6-5-7-22(16(18)2)33-27(36)20-12-13-32-35(3)29(20)37;1-4-10(3)6-7-12(5-2)8-9-13-11(15)14-12/h5-7,10-15H,8-9H2,1-4H3,(H,33,36);10H,4-9H2,1-3H3,(H2,13,14,15). The van der Waals surface area contributed by atoms with Crippen LogP contribution in [-0.4, -0.2) is 45.9 Å². The Kier molecular flexibility index (Phi) is 12.6. The Labute approximate surface area is 315 Å². The number of hydrogen-bond donors (Lipinski definition) is 3. The maximum Gasteiger partial charge on any atom is 0.315 e. The maximum absolute atomic E-state index is 15.3. The number of rotatable bonds is 10. The molecule has 4 aromatic rings. The van der Waals surface area contributed by atoms with Crippen molar-refractivity contribution in [3.63, 3.8) is 0 Å². The minimum absolute atomic E-state index is 0.00671. The smallest absolute Gasteiger partial charge is 0.315 e. The van der Waals surface area contributed by atoms with Gasteiger partial charge in [0.15, 0.2) is 0 Å². The lowest BCUT2D eigenvalue weighted by atomic mass is 9.83. The summed E-state index contributed by atoms with van der Waals surface area (Å²) in [7, 11) is 3.06. The number of fused-ring (bicyclic) bond motifs is 1. The number of urea groups is 1. The molecule has 3 N–H and O–H groups in total. The molecule has 3 atom stereocenters. The van der Waals surface area contributed by atoms with Gasteiger partial charge in [-0.15, -0.1) is 0 Å². The van der Waals surface area contributed by atoms with E-state index in [2.05, 4.69) is 48.7 Å². The number of nitrogens with one attached hydrogen (secondary N) is 3. The van der Waals surface area contributed by atoms with E-state index >= 15 is 4.39 Å². The molecule has 3 heterocycles. The van der Waals surface area contributed by atoms with Crippen molar-refractivity contribution >= 4 is 29.2 Å². The molecule has 53 heavy (non-hydrogen) atoms.